The van der Waals surface area contributed by atoms with Crippen LogP contribution in [0.1, 0.15) is 16.7 Å². The average Bonchev–Trinajstić information content (AvgIpc) is 3.02. The van der Waals surface area contributed by atoms with Crippen LogP contribution in [0.5, 0.6) is 5.75 Å². The zero-order valence-corrected chi connectivity index (χ0v) is 19.4. The lowest BCUT2D eigenvalue weighted by Gasteiger charge is -2.13. The number of rotatable bonds is 6. The first-order valence-corrected chi connectivity index (χ1v) is 11.4. The molecule has 0 bridgehead atoms. The molecule has 1 aliphatic rings. The van der Waals surface area contributed by atoms with Crippen molar-refractivity contribution in [3.05, 3.63) is 104 Å². The second kappa shape index (κ2) is 9.73. The van der Waals surface area contributed by atoms with E-state index in [2.05, 4.69) is 15.9 Å². The van der Waals surface area contributed by atoms with Crippen LogP contribution in [0.2, 0.25) is 5.02 Å². The van der Waals surface area contributed by atoms with Crippen LogP contribution >= 0.6 is 39.3 Å². The van der Waals surface area contributed by atoms with Crippen LogP contribution in [0, 0.1) is 0 Å². The van der Waals surface area contributed by atoms with Gasteiger partial charge in [-0.15, -0.1) is 0 Å². The summed E-state index contributed by atoms with van der Waals surface area (Å²) in [5.74, 6) is 0.422. The quantitative estimate of drug-likeness (QED) is 0.335. The molecule has 3 aromatic rings. The third kappa shape index (κ3) is 5.39. The van der Waals surface area contributed by atoms with E-state index in [9.17, 15) is 9.59 Å². The first-order valence-electron chi connectivity index (χ1n) is 9.46. The summed E-state index contributed by atoms with van der Waals surface area (Å²) >= 11 is 10.4. The Morgan fingerprint density at radius 3 is 2.52 bits per heavy atom. The molecule has 1 aliphatic heterocycles. The van der Waals surface area contributed by atoms with Crippen LogP contribution in [0.4, 0.5) is 4.79 Å². The summed E-state index contributed by atoms with van der Waals surface area (Å²) in [6.45, 7) is 0.646. The highest BCUT2D eigenvalue weighted by molar-refractivity contribution is 9.10. The average molecular weight is 515 g/mol. The van der Waals surface area contributed by atoms with Crippen LogP contribution in [-0.2, 0) is 17.9 Å². The molecule has 2 amide bonds. The zero-order chi connectivity index (χ0) is 21.8. The van der Waals surface area contributed by atoms with Crippen molar-refractivity contribution >= 4 is 56.5 Å². The highest BCUT2D eigenvalue weighted by atomic mass is 79.9. The van der Waals surface area contributed by atoms with E-state index in [-0.39, 0.29) is 17.7 Å². The van der Waals surface area contributed by atoms with Gasteiger partial charge in [-0.3, -0.25) is 14.5 Å². The van der Waals surface area contributed by atoms with Crippen molar-refractivity contribution in [3.63, 3.8) is 0 Å². The maximum atomic E-state index is 12.8. The van der Waals surface area contributed by atoms with Crippen LogP contribution in [0.15, 0.2) is 82.2 Å². The van der Waals surface area contributed by atoms with Gasteiger partial charge < -0.3 is 4.74 Å². The second-order valence-corrected chi connectivity index (χ2v) is 9.13. The first-order chi connectivity index (χ1) is 15.0. The van der Waals surface area contributed by atoms with E-state index >= 15 is 0 Å². The summed E-state index contributed by atoms with van der Waals surface area (Å²) in [7, 11) is 0. The Balaban J connectivity index is 1.42. The van der Waals surface area contributed by atoms with Crippen molar-refractivity contribution in [3.8, 4) is 5.75 Å². The lowest BCUT2D eigenvalue weighted by molar-refractivity contribution is -0.123. The number of imide groups is 1. The maximum absolute atomic E-state index is 12.8. The number of amides is 2. The van der Waals surface area contributed by atoms with E-state index in [0.29, 0.717) is 22.3 Å². The molecule has 0 atom stereocenters. The number of carbonyl (C=O) groups excluding carboxylic acids is 2. The zero-order valence-electron chi connectivity index (χ0n) is 16.3. The number of hydrogen-bond acceptors (Lipinski definition) is 4. The van der Waals surface area contributed by atoms with Crippen molar-refractivity contribution in [1.82, 2.24) is 4.90 Å². The smallest absolute Gasteiger partial charge is 0.293 e. The van der Waals surface area contributed by atoms with Gasteiger partial charge in [-0.25, -0.2) is 0 Å². The van der Waals surface area contributed by atoms with Gasteiger partial charge in [0.2, 0.25) is 0 Å². The summed E-state index contributed by atoms with van der Waals surface area (Å²) in [6, 6.07) is 22.4. The minimum absolute atomic E-state index is 0.236. The van der Waals surface area contributed by atoms with Gasteiger partial charge in [0, 0.05) is 9.50 Å². The van der Waals surface area contributed by atoms with Gasteiger partial charge in [0.25, 0.3) is 11.1 Å². The van der Waals surface area contributed by atoms with Gasteiger partial charge in [0.05, 0.1) is 11.4 Å². The SMILES string of the molecule is O=C1S/C(=C\c2ccc(OCc3cccc(Cl)c3)cc2)C(=O)N1Cc1ccccc1Br. The van der Waals surface area contributed by atoms with Gasteiger partial charge in [-0.05, 0) is 64.9 Å². The fraction of sp³-hybridized carbons (Fsp3) is 0.0833. The van der Waals surface area contributed by atoms with E-state index in [1.807, 2.05) is 72.8 Å². The molecule has 0 aliphatic carbocycles. The van der Waals surface area contributed by atoms with E-state index in [0.717, 1.165) is 32.9 Å². The standard InChI is InChI=1S/C24H17BrClNO3S/c25-21-7-2-1-5-18(21)14-27-23(28)22(31-24(27)29)13-16-8-10-20(11-9-16)30-15-17-4-3-6-19(26)12-17/h1-13H,14-15H2/b22-13-. The molecular weight excluding hydrogens is 498 g/mol. The molecule has 31 heavy (non-hydrogen) atoms. The van der Waals surface area contributed by atoms with Crippen molar-refractivity contribution in [2.75, 3.05) is 0 Å². The van der Waals surface area contributed by atoms with Crippen molar-refractivity contribution in [1.29, 1.82) is 0 Å². The first kappa shape index (κ1) is 21.7. The monoisotopic (exact) mass is 513 g/mol. The number of nitrogens with zero attached hydrogens (tertiary/aromatic N) is 1. The van der Waals surface area contributed by atoms with Gasteiger partial charge in [-0.2, -0.15) is 0 Å². The third-order valence-electron chi connectivity index (χ3n) is 4.63. The summed E-state index contributed by atoms with van der Waals surface area (Å²) < 4.78 is 6.65. The third-order valence-corrected chi connectivity index (χ3v) is 6.55. The number of hydrogen-bond donors (Lipinski definition) is 0. The summed E-state index contributed by atoms with van der Waals surface area (Å²) in [4.78, 5) is 26.8. The highest BCUT2D eigenvalue weighted by Crippen LogP contribution is 2.34. The Hall–Kier alpha value is -2.54. The van der Waals surface area contributed by atoms with Crippen LogP contribution < -0.4 is 4.74 Å². The molecule has 0 radical (unpaired) electrons. The lowest BCUT2D eigenvalue weighted by atomic mass is 10.2. The predicted octanol–water partition coefficient (Wildman–Crippen LogP) is 6.92. The van der Waals surface area contributed by atoms with E-state index in [1.165, 1.54) is 4.90 Å². The molecule has 1 fully saturated rings. The molecule has 0 unspecified atom stereocenters. The van der Waals surface area contributed by atoms with Gasteiger partial charge in [0.1, 0.15) is 12.4 Å². The molecule has 0 spiro atoms. The molecule has 0 N–H and O–H groups in total. The molecular formula is C24H17BrClNO3S. The van der Waals surface area contributed by atoms with Crippen molar-refractivity contribution < 1.29 is 14.3 Å². The van der Waals surface area contributed by atoms with Crippen molar-refractivity contribution in [2.45, 2.75) is 13.2 Å². The normalized spacial score (nSPS) is 15.0. The Bertz CT molecular complexity index is 1160. The lowest BCUT2D eigenvalue weighted by Crippen LogP contribution is -2.27. The molecule has 1 heterocycles. The minimum atomic E-state index is -0.285. The molecule has 7 heteroatoms. The minimum Gasteiger partial charge on any atom is -0.489 e. The Morgan fingerprint density at radius 1 is 1.00 bits per heavy atom. The molecule has 4 nitrogen and oxygen atoms in total. The summed E-state index contributed by atoms with van der Waals surface area (Å²) in [5.41, 5.74) is 2.68. The molecule has 0 saturated carbocycles. The predicted molar refractivity (Wildman–Crippen MR) is 128 cm³/mol. The van der Waals surface area contributed by atoms with E-state index in [1.54, 1.807) is 6.08 Å². The van der Waals surface area contributed by atoms with Gasteiger partial charge in [-0.1, -0.05) is 70.0 Å². The molecule has 4 rings (SSSR count). The van der Waals surface area contributed by atoms with Gasteiger partial charge >= 0.3 is 0 Å². The maximum Gasteiger partial charge on any atom is 0.293 e. The largest absolute Gasteiger partial charge is 0.489 e. The van der Waals surface area contributed by atoms with E-state index in [4.69, 9.17) is 16.3 Å². The topological polar surface area (TPSA) is 46.6 Å². The fourth-order valence-electron chi connectivity index (χ4n) is 3.04. The van der Waals surface area contributed by atoms with Crippen LogP contribution in [0.3, 0.4) is 0 Å². The molecule has 1 saturated heterocycles. The number of thioether (sulfide) groups is 1. The Morgan fingerprint density at radius 2 is 1.77 bits per heavy atom. The number of halogens is 2. The Labute approximate surface area is 198 Å². The molecule has 3 aromatic carbocycles. The highest BCUT2D eigenvalue weighted by Gasteiger charge is 2.35. The van der Waals surface area contributed by atoms with Crippen molar-refractivity contribution in [2.24, 2.45) is 0 Å². The molecule has 0 aromatic heterocycles. The summed E-state index contributed by atoms with van der Waals surface area (Å²) in [6.07, 6.45) is 1.73. The Kier molecular flexibility index (Phi) is 6.80. The number of carbonyl (C=O) groups is 2. The number of ether oxygens (including phenoxy) is 1. The van der Waals surface area contributed by atoms with Crippen LogP contribution in [-0.4, -0.2) is 16.0 Å². The fourth-order valence-corrected chi connectivity index (χ4v) is 4.50. The molecule has 156 valence electrons. The second-order valence-electron chi connectivity index (χ2n) is 6.85. The summed E-state index contributed by atoms with van der Waals surface area (Å²) in [5, 5.41) is 0.401. The van der Waals surface area contributed by atoms with Gasteiger partial charge in [0.15, 0.2) is 0 Å². The van der Waals surface area contributed by atoms with E-state index < -0.39 is 0 Å². The van der Waals surface area contributed by atoms with Crippen LogP contribution in [0.25, 0.3) is 6.08 Å². The number of benzene rings is 3.